The molecule has 126 valence electrons. The highest BCUT2D eigenvalue weighted by atomic mass is 79.9. The van der Waals surface area contributed by atoms with Crippen LogP contribution in [0.15, 0.2) is 57.8 Å². The highest BCUT2D eigenvalue weighted by Gasteiger charge is 2.23. The summed E-state index contributed by atoms with van der Waals surface area (Å²) < 4.78 is 15.6. The largest absolute Gasteiger partial charge is 0.493 e. The molecule has 0 radical (unpaired) electrons. The van der Waals surface area contributed by atoms with E-state index in [2.05, 4.69) is 20.9 Å². The first-order chi connectivity index (χ1) is 12.0. The first-order valence-electron chi connectivity index (χ1n) is 7.92. The molecule has 1 fully saturated rings. The van der Waals surface area contributed by atoms with E-state index in [1.165, 1.54) is 29.0 Å². The van der Waals surface area contributed by atoms with Gasteiger partial charge in [-0.05, 0) is 70.6 Å². The van der Waals surface area contributed by atoms with E-state index in [0.29, 0.717) is 21.6 Å². The summed E-state index contributed by atoms with van der Waals surface area (Å²) in [6.45, 7) is 0. The molecule has 3 aromatic rings. The van der Waals surface area contributed by atoms with Crippen LogP contribution in [0.3, 0.4) is 0 Å². The first-order valence-corrected chi connectivity index (χ1v) is 8.71. The molecule has 0 bridgehead atoms. The molecule has 1 aromatic heterocycles. The molecule has 1 heterocycles. The highest BCUT2D eigenvalue weighted by molar-refractivity contribution is 9.10. The van der Waals surface area contributed by atoms with E-state index >= 15 is 0 Å². The van der Waals surface area contributed by atoms with Crippen molar-refractivity contribution in [3.8, 4) is 23.0 Å². The van der Waals surface area contributed by atoms with E-state index in [1.807, 2.05) is 24.3 Å². The molecule has 1 aliphatic carbocycles. The van der Waals surface area contributed by atoms with Gasteiger partial charge < -0.3 is 5.11 Å². The van der Waals surface area contributed by atoms with E-state index in [4.69, 9.17) is 0 Å². The quantitative estimate of drug-likeness (QED) is 0.709. The molecule has 2 aromatic carbocycles. The molecule has 1 N–H and O–H groups in total. The third-order valence-corrected chi connectivity index (χ3v) is 4.93. The van der Waals surface area contributed by atoms with Crippen molar-refractivity contribution in [3.63, 3.8) is 0 Å². The molecule has 6 heteroatoms. The molecule has 0 unspecified atom stereocenters. The van der Waals surface area contributed by atoms with Gasteiger partial charge in [0.15, 0.2) is 5.82 Å². The fourth-order valence-corrected chi connectivity index (χ4v) is 3.11. The molecular formula is C19H14BrFN2O2. The molecule has 0 atom stereocenters. The number of aromatic nitrogens is 2. The second-order valence-electron chi connectivity index (χ2n) is 6.11. The molecule has 4 nitrogen and oxygen atoms in total. The second kappa shape index (κ2) is 6.11. The maximum absolute atomic E-state index is 13.9. The molecule has 0 spiro atoms. The van der Waals surface area contributed by atoms with Crippen LogP contribution < -0.4 is 5.56 Å². The number of hydrogen-bond donors (Lipinski definition) is 1. The average Bonchev–Trinajstić information content (AvgIpc) is 3.42. The van der Waals surface area contributed by atoms with Gasteiger partial charge in [0.1, 0.15) is 5.82 Å². The molecule has 1 aliphatic rings. The Hall–Kier alpha value is -2.47. The van der Waals surface area contributed by atoms with Gasteiger partial charge in [-0.25, -0.2) is 4.39 Å². The zero-order chi connectivity index (χ0) is 17.6. The Morgan fingerprint density at radius 3 is 2.48 bits per heavy atom. The van der Waals surface area contributed by atoms with Crippen molar-refractivity contribution in [1.82, 2.24) is 9.55 Å². The lowest BCUT2D eigenvalue weighted by Gasteiger charge is -2.13. The van der Waals surface area contributed by atoms with E-state index in [-0.39, 0.29) is 5.82 Å². The van der Waals surface area contributed by atoms with Crippen LogP contribution in [0.4, 0.5) is 4.39 Å². The van der Waals surface area contributed by atoms with Gasteiger partial charge >= 0.3 is 0 Å². The molecule has 25 heavy (non-hydrogen) atoms. The maximum Gasteiger partial charge on any atom is 0.262 e. The van der Waals surface area contributed by atoms with Crippen molar-refractivity contribution >= 4 is 15.9 Å². The third kappa shape index (κ3) is 3.09. The smallest absolute Gasteiger partial charge is 0.262 e. The predicted molar refractivity (Wildman–Crippen MR) is 96.6 cm³/mol. The van der Waals surface area contributed by atoms with Crippen molar-refractivity contribution in [2.75, 3.05) is 0 Å². The Balaban J connectivity index is 1.88. The van der Waals surface area contributed by atoms with Crippen molar-refractivity contribution < 1.29 is 9.50 Å². The summed E-state index contributed by atoms with van der Waals surface area (Å²) in [6.07, 6.45) is 2.40. The normalized spacial score (nSPS) is 13.8. The molecule has 4 rings (SSSR count). The lowest BCUT2D eigenvalue weighted by Crippen LogP contribution is -2.20. The van der Waals surface area contributed by atoms with Crippen LogP contribution in [0.5, 0.6) is 5.88 Å². The van der Waals surface area contributed by atoms with Gasteiger partial charge in [-0.3, -0.25) is 9.36 Å². The molecule has 0 amide bonds. The molecular weight excluding hydrogens is 387 g/mol. The molecule has 1 saturated carbocycles. The fraction of sp³-hybridized carbons (Fsp3) is 0.158. The van der Waals surface area contributed by atoms with Crippen molar-refractivity contribution in [2.24, 2.45) is 0 Å². The fourth-order valence-electron chi connectivity index (χ4n) is 2.86. The number of aromatic hydroxyl groups is 1. The summed E-state index contributed by atoms with van der Waals surface area (Å²) in [5.74, 6) is -0.0563. The van der Waals surface area contributed by atoms with Crippen LogP contribution in [0.25, 0.3) is 17.1 Å². The maximum atomic E-state index is 13.9. The predicted octanol–water partition coefficient (Wildman–Crippen LogP) is 4.38. The summed E-state index contributed by atoms with van der Waals surface area (Å²) in [5, 5.41) is 9.75. The Kier molecular flexibility index (Phi) is 3.92. The van der Waals surface area contributed by atoms with E-state index < -0.39 is 17.3 Å². The Morgan fingerprint density at radius 1 is 1.12 bits per heavy atom. The molecule has 0 saturated heterocycles. The minimum absolute atomic E-state index is 0.190. The zero-order valence-electron chi connectivity index (χ0n) is 13.1. The monoisotopic (exact) mass is 400 g/mol. The van der Waals surface area contributed by atoms with Crippen LogP contribution in [0, 0.1) is 5.82 Å². The van der Waals surface area contributed by atoms with Gasteiger partial charge in [0.25, 0.3) is 5.56 Å². The van der Waals surface area contributed by atoms with Gasteiger partial charge in [0.05, 0.1) is 16.2 Å². The van der Waals surface area contributed by atoms with Crippen LogP contribution in [0.1, 0.15) is 24.3 Å². The van der Waals surface area contributed by atoms with Crippen molar-refractivity contribution in [1.29, 1.82) is 0 Å². The highest BCUT2D eigenvalue weighted by Crippen LogP contribution is 2.40. The van der Waals surface area contributed by atoms with Gasteiger partial charge in [-0.2, -0.15) is 4.98 Å². The van der Waals surface area contributed by atoms with E-state index in [1.54, 1.807) is 12.1 Å². The molecule has 0 aliphatic heterocycles. The van der Waals surface area contributed by atoms with Crippen LogP contribution in [0.2, 0.25) is 0 Å². The van der Waals surface area contributed by atoms with Gasteiger partial charge in [0, 0.05) is 5.56 Å². The SMILES string of the molecule is O=c1cc(O)nc(-c2ccc(Br)c(F)c2)n1-c1ccc(C2CC2)cc1. The van der Waals surface area contributed by atoms with E-state index in [0.717, 1.165) is 6.07 Å². The van der Waals surface area contributed by atoms with E-state index in [9.17, 15) is 14.3 Å². The van der Waals surface area contributed by atoms with Gasteiger partial charge in [0.2, 0.25) is 5.88 Å². The summed E-state index contributed by atoms with van der Waals surface area (Å²) in [5.41, 5.74) is 1.85. The van der Waals surface area contributed by atoms with Gasteiger partial charge in [-0.15, -0.1) is 0 Å². The second-order valence-corrected chi connectivity index (χ2v) is 6.96. The number of benzene rings is 2. The number of halogens is 2. The lowest BCUT2D eigenvalue weighted by atomic mass is 10.1. The lowest BCUT2D eigenvalue weighted by molar-refractivity contribution is 0.450. The van der Waals surface area contributed by atoms with Crippen LogP contribution in [-0.4, -0.2) is 14.7 Å². The Morgan fingerprint density at radius 2 is 1.84 bits per heavy atom. The summed E-state index contributed by atoms with van der Waals surface area (Å²) >= 11 is 3.11. The minimum atomic E-state index is -0.467. The summed E-state index contributed by atoms with van der Waals surface area (Å²) in [4.78, 5) is 16.5. The average molecular weight is 401 g/mol. The minimum Gasteiger partial charge on any atom is -0.493 e. The van der Waals surface area contributed by atoms with Crippen molar-refractivity contribution in [2.45, 2.75) is 18.8 Å². The zero-order valence-corrected chi connectivity index (χ0v) is 14.7. The third-order valence-electron chi connectivity index (χ3n) is 4.28. The number of rotatable bonds is 3. The Bertz CT molecular complexity index is 1010. The Labute approximate surface area is 151 Å². The van der Waals surface area contributed by atoms with Crippen molar-refractivity contribution in [3.05, 3.63) is 74.7 Å². The first kappa shape index (κ1) is 16.0. The van der Waals surface area contributed by atoms with Crippen LogP contribution >= 0.6 is 15.9 Å². The standard InChI is InChI=1S/C19H14BrFN2O2/c20-15-8-5-13(9-16(15)21)19-22-17(24)10-18(25)23(19)14-6-3-12(4-7-14)11-1-2-11/h3-11,24H,1-2H2. The van der Waals surface area contributed by atoms with Crippen LogP contribution in [-0.2, 0) is 0 Å². The summed E-state index contributed by atoms with van der Waals surface area (Å²) in [6, 6.07) is 13.2. The number of hydrogen-bond acceptors (Lipinski definition) is 3. The topological polar surface area (TPSA) is 55.1 Å². The summed E-state index contributed by atoms with van der Waals surface area (Å²) in [7, 11) is 0. The number of nitrogens with zero attached hydrogens (tertiary/aromatic N) is 2. The van der Waals surface area contributed by atoms with Gasteiger partial charge in [-0.1, -0.05) is 12.1 Å².